The number of aliphatic hydroxyl groups excluding tert-OH is 1. The van der Waals surface area contributed by atoms with Crippen molar-refractivity contribution in [2.24, 2.45) is 5.92 Å². The molecule has 2 rings (SSSR count). The van der Waals surface area contributed by atoms with E-state index in [0.29, 0.717) is 11.4 Å². The first-order valence-corrected chi connectivity index (χ1v) is 8.11. The van der Waals surface area contributed by atoms with Gasteiger partial charge in [0.25, 0.3) is 0 Å². The van der Waals surface area contributed by atoms with Gasteiger partial charge in [0.15, 0.2) is 0 Å². The van der Waals surface area contributed by atoms with Gasteiger partial charge in [-0.1, -0.05) is 12.8 Å². The molecular formula is C11H17NO3S2. The molecule has 1 aromatic rings. The second-order valence-corrected chi connectivity index (χ2v) is 7.52. The molecular weight excluding hydrogens is 258 g/mol. The molecule has 0 radical (unpaired) electrons. The van der Waals surface area contributed by atoms with Gasteiger partial charge in [-0.3, -0.25) is 0 Å². The summed E-state index contributed by atoms with van der Waals surface area (Å²) in [5.74, 6) is 0.835. The van der Waals surface area contributed by atoms with E-state index in [2.05, 4.69) is 4.72 Å². The maximum absolute atomic E-state index is 11.8. The fourth-order valence-electron chi connectivity index (χ4n) is 1.66. The standard InChI is InChI=1S/C11H17NO3S2/c13-8-10-5-6-11(16-10)17(14,15)12-7-1-2-9-3-4-9/h5-6,9,12-13H,1-4,7-8H2. The Bertz CT molecular complexity index is 463. The summed E-state index contributed by atoms with van der Waals surface area (Å²) < 4.78 is 26.6. The van der Waals surface area contributed by atoms with E-state index in [1.54, 1.807) is 12.1 Å². The van der Waals surface area contributed by atoms with E-state index in [1.165, 1.54) is 12.8 Å². The van der Waals surface area contributed by atoms with Gasteiger partial charge in [0.05, 0.1) is 6.61 Å². The van der Waals surface area contributed by atoms with Gasteiger partial charge in [0.1, 0.15) is 4.21 Å². The number of nitrogens with one attached hydrogen (secondary N) is 1. The van der Waals surface area contributed by atoms with Crippen LogP contribution in [0, 0.1) is 5.92 Å². The zero-order valence-electron chi connectivity index (χ0n) is 9.55. The van der Waals surface area contributed by atoms with E-state index in [1.807, 2.05) is 0 Å². The first kappa shape index (κ1) is 13.0. The highest BCUT2D eigenvalue weighted by atomic mass is 32.2. The molecule has 96 valence electrons. The third kappa shape index (κ3) is 3.77. The largest absolute Gasteiger partial charge is 0.391 e. The molecule has 0 amide bonds. The molecule has 6 heteroatoms. The van der Waals surface area contributed by atoms with Gasteiger partial charge in [-0.15, -0.1) is 11.3 Å². The van der Waals surface area contributed by atoms with E-state index in [9.17, 15) is 8.42 Å². The summed E-state index contributed by atoms with van der Waals surface area (Å²) in [6.45, 7) is 0.396. The van der Waals surface area contributed by atoms with Crippen molar-refractivity contribution < 1.29 is 13.5 Å². The van der Waals surface area contributed by atoms with E-state index < -0.39 is 10.0 Å². The summed E-state index contributed by atoms with van der Waals surface area (Å²) in [6.07, 6.45) is 4.63. The average molecular weight is 275 g/mol. The summed E-state index contributed by atoms with van der Waals surface area (Å²) in [7, 11) is -3.37. The second kappa shape index (κ2) is 5.48. The molecule has 0 bridgehead atoms. The van der Waals surface area contributed by atoms with Crippen LogP contribution in [0.25, 0.3) is 0 Å². The van der Waals surface area contributed by atoms with Crippen LogP contribution in [0.3, 0.4) is 0 Å². The molecule has 1 saturated carbocycles. The molecule has 0 aliphatic heterocycles. The Morgan fingerprint density at radius 3 is 2.76 bits per heavy atom. The lowest BCUT2D eigenvalue weighted by Crippen LogP contribution is -2.24. The van der Waals surface area contributed by atoms with Gasteiger partial charge in [-0.05, 0) is 30.9 Å². The number of thiophene rings is 1. The van der Waals surface area contributed by atoms with Crippen LogP contribution in [-0.4, -0.2) is 20.1 Å². The van der Waals surface area contributed by atoms with E-state index in [-0.39, 0.29) is 10.8 Å². The maximum atomic E-state index is 11.8. The van der Waals surface area contributed by atoms with Crippen molar-refractivity contribution >= 4 is 21.4 Å². The first-order chi connectivity index (χ1) is 8.12. The lowest BCUT2D eigenvalue weighted by Gasteiger charge is -2.03. The van der Waals surface area contributed by atoms with Crippen molar-refractivity contribution in [1.29, 1.82) is 0 Å². The second-order valence-electron chi connectivity index (χ2n) is 4.36. The van der Waals surface area contributed by atoms with Crippen LogP contribution < -0.4 is 4.72 Å². The Balaban J connectivity index is 1.84. The molecule has 2 N–H and O–H groups in total. The number of sulfonamides is 1. The smallest absolute Gasteiger partial charge is 0.250 e. The Kier molecular flexibility index (Phi) is 4.19. The maximum Gasteiger partial charge on any atom is 0.250 e. The minimum absolute atomic E-state index is 0.109. The molecule has 0 atom stereocenters. The van der Waals surface area contributed by atoms with Crippen LogP contribution in [0.1, 0.15) is 30.6 Å². The van der Waals surface area contributed by atoms with Crippen LogP contribution in [0.15, 0.2) is 16.3 Å². The fraction of sp³-hybridized carbons (Fsp3) is 0.636. The summed E-state index contributed by atoms with van der Waals surface area (Å²) >= 11 is 1.12. The lowest BCUT2D eigenvalue weighted by molar-refractivity contribution is 0.285. The Morgan fingerprint density at radius 1 is 1.41 bits per heavy atom. The van der Waals surface area contributed by atoms with Gasteiger partial charge in [0.2, 0.25) is 10.0 Å². The van der Waals surface area contributed by atoms with Gasteiger partial charge < -0.3 is 5.11 Å². The molecule has 1 aliphatic rings. The molecule has 1 heterocycles. The van der Waals surface area contributed by atoms with Crippen LogP contribution in [0.2, 0.25) is 0 Å². The molecule has 4 nitrogen and oxygen atoms in total. The Hall–Kier alpha value is -0.430. The summed E-state index contributed by atoms with van der Waals surface area (Å²) in [6, 6.07) is 3.18. The van der Waals surface area contributed by atoms with Crippen molar-refractivity contribution in [1.82, 2.24) is 4.72 Å². The van der Waals surface area contributed by atoms with Crippen molar-refractivity contribution in [2.45, 2.75) is 36.5 Å². The molecule has 1 aromatic heterocycles. The van der Waals surface area contributed by atoms with Crippen LogP contribution >= 0.6 is 11.3 Å². The highest BCUT2D eigenvalue weighted by Gasteiger charge is 2.21. The summed E-state index contributed by atoms with van der Waals surface area (Å²) in [5.41, 5.74) is 0. The Morgan fingerprint density at radius 2 is 2.18 bits per heavy atom. The monoisotopic (exact) mass is 275 g/mol. The normalized spacial score (nSPS) is 16.3. The Labute approximate surface area is 106 Å². The zero-order valence-corrected chi connectivity index (χ0v) is 11.2. The van der Waals surface area contributed by atoms with Crippen molar-refractivity contribution in [3.05, 3.63) is 17.0 Å². The topological polar surface area (TPSA) is 66.4 Å². The number of aliphatic hydroxyl groups is 1. The highest BCUT2D eigenvalue weighted by Crippen LogP contribution is 2.33. The first-order valence-electron chi connectivity index (χ1n) is 5.81. The number of rotatable bonds is 7. The fourth-order valence-corrected chi connectivity index (χ4v) is 4.00. The van der Waals surface area contributed by atoms with Crippen molar-refractivity contribution in [3.63, 3.8) is 0 Å². The zero-order chi connectivity index (χ0) is 12.3. The van der Waals surface area contributed by atoms with Crippen molar-refractivity contribution in [3.8, 4) is 0 Å². The quantitative estimate of drug-likeness (QED) is 0.744. The van der Waals surface area contributed by atoms with Crippen molar-refractivity contribution in [2.75, 3.05) is 6.54 Å². The minimum Gasteiger partial charge on any atom is -0.391 e. The number of hydrogen-bond donors (Lipinski definition) is 2. The van der Waals surface area contributed by atoms with Crippen LogP contribution in [0.5, 0.6) is 0 Å². The molecule has 0 saturated heterocycles. The minimum atomic E-state index is -3.37. The highest BCUT2D eigenvalue weighted by molar-refractivity contribution is 7.91. The lowest BCUT2D eigenvalue weighted by atomic mass is 10.2. The van der Waals surface area contributed by atoms with Crippen LogP contribution in [-0.2, 0) is 16.6 Å². The molecule has 1 fully saturated rings. The molecule has 0 spiro atoms. The summed E-state index contributed by atoms with van der Waals surface area (Å²) in [5, 5.41) is 8.89. The molecule has 1 aliphatic carbocycles. The molecule has 17 heavy (non-hydrogen) atoms. The molecule has 0 unspecified atom stereocenters. The third-order valence-corrected chi connectivity index (χ3v) is 5.86. The number of hydrogen-bond acceptors (Lipinski definition) is 4. The van der Waals surface area contributed by atoms with E-state index in [0.717, 1.165) is 30.1 Å². The predicted molar refractivity (Wildman–Crippen MR) is 67.4 cm³/mol. The average Bonchev–Trinajstić information content (AvgIpc) is 2.98. The summed E-state index contributed by atoms with van der Waals surface area (Å²) in [4.78, 5) is 0.670. The van der Waals surface area contributed by atoms with Crippen LogP contribution in [0.4, 0.5) is 0 Å². The van der Waals surface area contributed by atoms with Gasteiger partial charge >= 0.3 is 0 Å². The van der Waals surface area contributed by atoms with Gasteiger partial charge in [-0.25, -0.2) is 13.1 Å². The predicted octanol–water partition coefficient (Wildman–Crippen LogP) is 1.71. The third-order valence-electron chi connectivity index (χ3n) is 2.84. The van der Waals surface area contributed by atoms with E-state index >= 15 is 0 Å². The SMILES string of the molecule is O=S(=O)(NCCCC1CC1)c1ccc(CO)s1. The van der Waals surface area contributed by atoms with Gasteiger partial charge in [-0.2, -0.15) is 0 Å². The molecule has 0 aromatic carbocycles. The van der Waals surface area contributed by atoms with Gasteiger partial charge in [0, 0.05) is 11.4 Å². The van der Waals surface area contributed by atoms with E-state index in [4.69, 9.17) is 5.11 Å².